The number of nitrogens with one attached hydrogen (secondary N) is 2. The summed E-state index contributed by atoms with van der Waals surface area (Å²) < 4.78 is 44.0. The smallest absolute Gasteiger partial charge is 0.407 e. The number of alkyl carbamates (subject to hydrolysis) is 1. The molecule has 4 rings (SSSR count). The Morgan fingerprint density at radius 3 is 2.58 bits per heavy atom. The van der Waals surface area contributed by atoms with E-state index in [1.807, 2.05) is 6.07 Å². The van der Waals surface area contributed by atoms with Gasteiger partial charge in [0.25, 0.3) is 0 Å². The molecule has 2 aliphatic rings. The zero-order valence-corrected chi connectivity index (χ0v) is 22.3. The minimum absolute atomic E-state index is 0.0308. The lowest BCUT2D eigenvalue weighted by molar-refractivity contribution is -0.0331. The molecule has 208 valence electrons. The van der Waals surface area contributed by atoms with Crippen LogP contribution in [0.25, 0.3) is 0 Å². The number of benzene rings is 2. The third-order valence-electron chi connectivity index (χ3n) is 6.95. The van der Waals surface area contributed by atoms with Crippen LogP contribution in [-0.4, -0.2) is 55.5 Å². The number of aliphatic hydroxyl groups excluding tert-OH is 1. The van der Waals surface area contributed by atoms with Crippen LogP contribution < -0.4 is 10.6 Å². The highest BCUT2D eigenvalue weighted by Crippen LogP contribution is 2.46. The molecule has 1 aliphatic heterocycles. The van der Waals surface area contributed by atoms with Crippen LogP contribution in [0.5, 0.6) is 0 Å². The van der Waals surface area contributed by atoms with Gasteiger partial charge < -0.3 is 30.0 Å². The van der Waals surface area contributed by atoms with Gasteiger partial charge in [-0.1, -0.05) is 24.3 Å². The maximum absolute atomic E-state index is 13.8. The van der Waals surface area contributed by atoms with E-state index in [1.165, 1.54) is 17.7 Å². The molecule has 0 radical (unpaired) electrons. The van der Waals surface area contributed by atoms with E-state index in [9.17, 15) is 18.7 Å². The van der Waals surface area contributed by atoms with Crippen LogP contribution in [0.3, 0.4) is 0 Å². The summed E-state index contributed by atoms with van der Waals surface area (Å²) >= 11 is 0. The predicted octanol–water partition coefficient (Wildman–Crippen LogP) is 4.52. The quantitative estimate of drug-likeness (QED) is 0.440. The molecule has 2 aromatic carbocycles. The number of aliphatic hydroxyl groups is 1. The molecule has 0 bridgehead atoms. The summed E-state index contributed by atoms with van der Waals surface area (Å²) in [4.78, 5) is 12.5. The summed E-state index contributed by atoms with van der Waals surface area (Å²) in [5.41, 5.74) is 1.64. The Balaban J connectivity index is 1.45. The summed E-state index contributed by atoms with van der Waals surface area (Å²) in [6, 6.07) is 10.8. The fraction of sp³-hybridized carbons (Fsp3) is 0.552. The molecule has 38 heavy (non-hydrogen) atoms. The van der Waals surface area contributed by atoms with Crippen LogP contribution in [0.15, 0.2) is 42.5 Å². The van der Waals surface area contributed by atoms with Gasteiger partial charge in [-0.05, 0) is 75.3 Å². The minimum Gasteiger partial charge on any atom is -0.444 e. The Bertz CT molecular complexity index is 1070. The highest BCUT2D eigenvalue weighted by Gasteiger charge is 2.44. The summed E-state index contributed by atoms with van der Waals surface area (Å²) in [6.45, 7) is 6.97. The number of amides is 1. The molecule has 0 spiro atoms. The molecular formula is C29H38F2N2O5. The molecule has 2 aromatic rings. The summed E-state index contributed by atoms with van der Waals surface area (Å²) in [5.74, 6) is -1.18. The van der Waals surface area contributed by atoms with E-state index in [4.69, 9.17) is 14.2 Å². The normalized spacial score (nSPS) is 20.7. The summed E-state index contributed by atoms with van der Waals surface area (Å²) in [6.07, 6.45) is 0.993. The second kappa shape index (κ2) is 12.1. The first-order valence-electron chi connectivity index (χ1n) is 13.2. The number of halogens is 2. The molecule has 1 heterocycles. The molecule has 1 amide bonds. The van der Waals surface area contributed by atoms with Crippen molar-refractivity contribution in [3.8, 4) is 0 Å². The second-order valence-electron chi connectivity index (χ2n) is 11.3. The average Bonchev–Trinajstić information content (AvgIpc) is 3.65. The Morgan fingerprint density at radius 1 is 1.16 bits per heavy atom. The first-order chi connectivity index (χ1) is 18.0. The lowest BCUT2D eigenvalue weighted by Gasteiger charge is -2.29. The number of hydrogen-bond donors (Lipinski definition) is 3. The van der Waals surface area contributed by atoms with Gasteiger partial charge in [-0.25, -0.2) is 13.6 Å². The maximum atomic E-state index is 13.8. The number of ether oxygens (including phenoxy) is 3. The molecule has 1 saturated heterocycles. The van der Waals surface area contributed by atoms with E-state index in [1.54, 1.807) is 20.8 Å². The third kappa shape index (κ3) is 7.96. The molecule has 3 atom stereocenters. The predicted molar refractivity (Wildman–Crippen MR) is 139 cm³/mol. The van der Waals surface area contributed by atoms with Crippen molar-refractivity contribution < 1.29 is 32.9 Å². The van der Waals surface area contributed by atoms with Crippen LogP contribution in [-0.2, 0) is 26.2 Å². The number of carbonyl (C=O) groups excluding carboxylic acids is 1. The van der Waals surface area contributed by atoms with Crippen molar-refractivity contribution in [1.29, 1.82) is 0 Å². The van der Waals surface area contributed by atoms with Gasteiger partial charge in [0.2, 0.25) is 0 Å². The van der Waals surface area contributed by atoms with Crippen molar-refractivity contribution in [2.75, 3.05) is 26.6 Å². The van der Waals surface area contributed by atoms with Gasteiger partial charge in [-0.3, -0.25) is 0 Å². The van der Waals surface area contributed by atoms with E-state index in [2.05, 4.69) is 28.8 Å². The average molecular weight is 533 g/mol. The maximum Gasteiger partial charge on any atom is 0.407 e. The molecule has 3 N–H and O–H groups in total. The third-order valence-corrected chi connectivity index (χ3v) is 6.95. The Labute approximate surface area is 222 Å². The monoisotopic (exact) mass is 532 g/mol. The van der Waals surface area contributed by atoms with E-state index in [-0.39, 0.29) is 24.4 Å². The molecule has 3 unspecified atom stereocenters. The Kier molecular flexibility index (Phi) is 9.03. The zero-order valence-electron chi connectivity index (χ0n) is 22.3. The van der Waals surface area contributed by atoms with Gasteiger partial charge in [0.1, 0.15) is 24.0 Å². The first kappa shape index (κ1) is 28.4. The molecule has 1 saturated carbocycles. The molecule has 7 nitrogen and oxygen atoms in total. The molecular weight excluding hydrogens is 494 g/mol. The SMILES string of the molecule is CC(C)(C)OC(=O)NC(Cc1cc(F)cc(F)c1)C(O)CNC1(c2cccc(C3CCOCOC3)c2)CC1. The van der Waals surface area contributed by atoms with Crippen LogP contribution in [0, 0.1) is 11.6 Å². The topological polar surface area (TPSA) is 89.1 Å². The van der Waals surface area contributed by atoms with Crippen molar-refractivity contribution in [2.45, 2.75) is 75.7 Å². The minimum atomic E-state index is -1.04. The van der Waals surface area contributed by atoms with Crippen molar-refractivity contribution in [3.63, 3.8) is 0 Å². The van der Waals surface area contributed by atoms with E-state index < -0.39 is 35.5 Å². The van der Waals surface area contributed by atoms with Gasteiger partial charge in [-0.2, -0.15) is 0 Å². The lowest BCUT2D eigenvalue weighted by Crippen LogP contribution is -2.51. The van der Waals surface area contributed by atoms with Gasteiger partial charge in [0, 0.05) is 24.1 Å². The van der Waals surface area contributed by atoms with Crippen molar-refractivity contribution in [3.05, 3.63) is 70.8 Å². The van der Waals surface area contributed by atoms with Crippen molar-refractivity contribution in [1.82, 2.24) is 10.6 Å². The van der Waals surface area contributed by atoms with Crippen molar-refractivity contribution >= 4 is 6.09 Å². The van der Waals surface area contributed by atoms with Gasteiger partial charge in [-0.15, -0.1) is 0 Å². The molecule has 9 heteroatoms. The van der Waals surface area contributed by atoms with Crippen LogP contribution in [0.4, 0.5) is 13.6 Å². The van der Waals surface area contributed by atoms with Gasteiger partial charge in [0.15, 0.2) is 0 Å². The fourth-order valence-electron chi connectivity index (χ4n) is 4.83. The van der Waals surface area contributed by atoms with Gasteiger partial charge >= 0.3 is 6.09 Å². The second-order valence-corrected chi connectivity index (χ2v) is 11.3. The number of rotatable bonds is 9. The molecule has 2 fully saturated rings. The van der Waals surface area contributed by atoms with E-state index >= 15 is 0 Å². The lowest BCUT2D eigenvalue weighted by atomic mass is 9.92. The van der Waals surface area contributed by atoms with Crippen LogP contribution >= 0.6 is 0 Å². The number of carbonyl (C=O) groups is 1. The molecule has 1 aliphatic carbocycles. The van der Waals surface area contributed by atoms with Gasteiger partial charge in [0.05, 0.1) is 25.4 Å². The van der Waals surface area contributed by atoms with Crippen LogP contribution in [0.2, 0.25) is 0 Å². The summed E-state index contributed by atoms with van der Waals surface area (Å²) in [7, 11) is 0. The first-order valence-corrected chi connectivity index (χ1v) is 13.2. The number of hydrogen-bond acceptors (Lipinski definition) is 6. The zero-order chi connectivity index (χ0) is 27.3. The highest BCUT2D eigenvalue weighted by molar-refractivity contribution is 5.68. The fourth-order valence-corrected chi connectivity index (χ4v) is 4.83. The highest BCUT2D eigenvalue weighted by atomic mass is 19.1. The summed E-state index contributed by atoms with van der Waals surface area (Å²) in [5, 5.41) is 17.3. The molecule has 0 aromatic heterocycles. The standard InChI is InChI=1S/C29H38F2N2O5/c1-28(2,3)38-27(35)33-25(13-19-11-23(30)15-24(31)12-19)26(34)16-32-29(8-9-29)22-6-4-5-20(14-22)21-7-10-36-18-37-17-21/h4-6,11-12,14-15,21,25-26,32,34H,7-10,13,16-18H2,1-3H3,(H,33,35). The van der Waals surface area contributed by atoms with Crippen LogP contribution in [0.1, 0.15) is 62.6 Å². The van der Waals surface area contributed by atoms with E-state index in [0.29, 0.717) is 25.6 Å². The van der Waals surface area contributed by atoms with Crippen molar-refractivity contribution in [2.24, 2.45) is 0 Å². The Morgan fingerprint density at radius 2 is 1.89 bits per heavy atom. The Hall–Kier alpha value is -2.59. The largest absolute Gasteiger partial charge is 0.444 e. The van der Waals surface area contributed by atoms with E-state index in [0.717, 1.165) is 30.9 Å².